The molecule has 118 valence electrons. The van der Waals surface area contributed by atoms with Crippen LogP contribution in [-0.4, -0.2) is 48.1 Å². The molecule has 7 heteroatoms. The van der Waals surface area contributed by atoms with E-state index in [0.29, 0.717) is 17.8 Å². The Kier molecular flexibility index (Phi) is 6.56. The maximum absolute atomic E-state index is 11.0. The van der Waals surface area contributed by atoms with Gasteiger partial charge in [0.2, 0.25) is 5.91 Å². The van der Waals surface area contributed by atoms with E-state index in [2.05, 4.69) is 15.2 Å². The summed E-state index contributed by atoms with van der Waals surface area (Å²) in [6.07, 6.45) is 3.43. The second-order valence-electron chi connectivity index (χ2n) is 5.31. The third-order valence-corrected chi connectivity index (χ3v) is 4.26. The normalized spacial score (nSPS) is 17.0. The number of nitrogens with one attached hydrogen (secondary N) is 1. The summed E-state index contributed by atoms with van der Waals surface area (Å²) in [4.78, 5) is 17.8. The Bertz CT molecular complexity index is 444. The van der Waals surface area contributed by atoms with Gasteiger partial charge >= 0.3 is 0 Å². The van der Waals surface area contributed by atoms with Crippen LogP contribution in [0.3, 0.4) is 0 Å². The zero-order valence-corrected chi connectivity index (χ0v) is 13.3. The van der Waals surface area contributed by atoms with E-state index in [9.17, 15) is 4.79 Å². The van der Waals surface area contributed by atoms with E-state index in [1.165, 1.54) is 18.3 Å². The molecular formula is C14H24N4O2S. The van der Waals surface area contributed by atoms with Crippen LogP contribution in [0.25, 0.3) is 0 Å². The highest BCUT2D eigenvalue weighted by Crippen LogP contribution is 2.20. The Morgan fingerprint density at radius 1 is 1.57 bits per heavy atom. The van der Waals surface area contributed by atoms with Gasteiger partial charge in [-0.2, -0.15) is 0 Å². The number of amides is 1. The van der Waals surface area contributed by atoms with Crippen LogP contribution in [0, 0.1) is 0 Å². The number of carbonyl (C=O) groups excluding carboxylic acids is 1. The monoisotopic (exact) mass is 312 g/mol. The van der Waals surface area contributed by atoms with Crippen LogP contribution in [-0.2, 0) is 16.1 Å². The number of thiazole rings is 1. The standard InChI is InChI=1S/C14H24N4O2S/c1-11(19)16-14-17-12(10-21-14)9-18-6-3-13(4-7-18)20-8-2-5-15/h10,13H,2-9,15H2,1H3,(H,16,17,19). The number of nitrogens with two attached hydrogens (primary N) is 1. The molecule has 0 atom stereocenters. The minimum atomic E-state index is -0.0775. The minimum absolute atomic E-state index is 0.0775. The van der Waals surface area contributed by atoms with Gasteiger partial charge in [0.05, 0.1) is 11.8 Å². The fourth-order valence-electron chi connectivity index (χ4n) is 2.38. The summed E-state index contributed by atoms with van der Waals surface area (Å²) in [5, 5.41) is 5.41. The van der Waals surface area contributed by atoms with E-state index in [-0.39, 0.29) is 5.91 Å². The summed E-state index contributed by atoms with van der Waals surface area (Å²) in [5.41, 5.74) is 6.48. The second kappa shape index (κ2) is 8.43. The number of aromatic nitrogens is 1. The van der Waals surface area contributed by atoms with Gasteiger partial charge in [0, 0.05) is 38.5 Å². The lowest BCUT2D eigenvalue weighted by Crippen LogP contribution is -2.36. The first-order valence-corrected chi connectivity index (χ1v) is 8.31. The predicted octanol–water partition coefficient (Wildman–Crippen LogP) is 1.43. The fraction of sp³-hybridized carbons (Fsp3) is 0.714. The number of carbonyl (C=O) groups is 1. The maximum Gasteiger partial charge on any atom is 0.223 e. The molecule has 1 fully saturated rings. The van der Waals surface area contributed by atoms with Gasteiger partial charge < -0.3 is 15.8 Å². The molecule has 1 aliphatic heterocycles. The van der Waals surface area contributed by atoms with Crippen LogP contribution in [0.4, 0.5) is 5.13 Å². The molecule has 0 unspecified atom stereocenters. The van der Waals surface area contributed by atoms with Gasteiger partial charge in [0.1, 0.15) is 0 Å². The number of ether oxygens (including phenoxy) is 1. The van der Waals surface area contributed by atoms with Crippen molar-refractivity contribution in [3.8, 4) is 0 Å². The molecule has 0 spiro atoms. The zero-order valence-electron chi connectivity index (χ0n) is 12.5. The van der Waals surface area contributed by atoms with Crippen molar-refractivity contribution < 1.29 is 9.53 Å². The van der Waals surface area contributed by atoms with Crippen molar-refractivity contribution in [1.82, 2.24) is 9.88 Å². The van der Waals surface area contributed by atoms with Crippen molar-refractivity contribution >= 4 is 22.4 Å². The first-order chi connectivity index (χ1) is 10.2. The van der Waals surface area contributed by atoms with E-state index < -0.39 is 0 Å². The molecular weight excluding hydrogens is 288 g/mol. The van der Waals surface area contributed by atoms with Gasteiger partial charge in [0.15, 0.2) is 5.13 Å². The van der Waals surface area contributed by atoms with Crippen molar-refractivity contribution in [2.24, 2.45) is 5.73 Å². The van der Waals surface area contributed by atoms with Gasteiger partial charge in [-0.05, 0) is 25.8 Å². The van der Waals surface area contributed by atoms with E-state index in [4.69, 9.17) is 10.5 Å². The molecule has 0 saturated carbocycles. The molecule has 0 aliphatic carbocycles. The molecule has 1 saturated heterocycles. The van der Waals surface area contributed by atoms with Crippen molar-refractivity contribution in [1.29, 1.82) is 0 Å². The summed E-state index contributed by atoms with van der Waals surface area (Å²) < 4.78 is 5.80. The van der Waals surface area contributed by atoms with Crippen molar-refractivity contribution in [3.63, 3.8) is 0 Å². The topological polar surface area (TPSA) is 80.5 Å². The zero-order chi connectivity index (χ0) is 15.1. The lowest BCUT2D eigenvalue weighted by atomic mass is 10.1. The summed E-state index contributed by atoms with van der Waals surface area (Å²) in [6, 6.07) is 0. The summed E-state index contributed by atoms with van der Waals surface area (Å²) in [6.45, 7) is 5.86. The van der Waals surface area contributed by atoms with Crippen LogP contribution in [0.15, 0.2) is 5.38 Å². The molecule has 1 amide bonds. The molecule has 1 aliphatic rings. The lowest BCUT2D eigenvalue weighted by Gasteiger charge is -2.31. The highest BCUT2D eigenvalue weighted by atomic mass is 32.1. The van der Waals surface area contributed by atoms with Crippen LogP contribution in [0.5, 0.6) is 0 Å². The van der Waals surface area contributed by atoms with Crippen LogP contribution in [0.2, 0.25) is 0 Å². The number of likely N-dealkylation sites (tertiary alicyclic amines) is 1. The molecule has 2 rings (SSSR count). The fourth-order valence-corrected chi connectivity index (χ4v) is 3.13. The van der Waals surface area contributed by atoms with E-state index in [1.807, 2.05) is 5.38 Å². The maximum atomic E-state index is 11.0. The molecule has 0 radical (unpaired) electrons. The molecule has 1 aromatic rings. The Morgan fingerprint density at radius 2 is 2.33 bits per heavy atom. The van der Waals surface area contributed by atoms with Crippen LogP contribution < -0.4 is 11.1 Å². The Morgan fingerprint density at radius 3 is 3.00 bits per heavy atom. The summed E-state index contributed by atoms with van der Waals surface area (Å²) in [5.74, 6) is -0.0775. The summed E-state index contributed by atoms with van der Waals surface area (Å²) >= 11 is 1.47. The van der Waals surface area contributed by atoms with Gasteiger partial charge in [0.25, 0.3) is 0 Å². The minimum Gasteiger partial charge on any atom is -0.378 e. The largest absolute Gasteiger partial charge is 0.378 e. The Balaban J connectivity index is 1.70. The number of hydrogen-bond acceptors (Lipinski definition) is 6. The number of anilines is 1. The van der Waals surface area contributed by atoms with Crippen molar-refractivity contribution in [2.75, 3.05) is 31.6 Å². The second-order valence-corrected chi connectivity index (χ2v) is 6.17. The van der Waals surface area contributed by atoms with E-state index in [1.54, 1.807) is 0 Å². The van der Waals surface area contributed by atoms with Gasteiger partial charge in [-0.15, -0.1) is 11.3 Å². The van der Waals surface area contributed by atoms with Gasteiger partial charge in [-0.1, -0.05) is 0 Å². The van der Waals surface area contributed by atoms with Gasteiger partial charge in [-0.3, -0.25) is 9.69 Å². The number of rotatable bonds is 7. The van der Waals surface area contributed by atoms with Crippen LogP contribution >= 0.6 is 11.3 Å². The van der Waals surface area contributed by atoms with E-state index >= 15 is 0 Å². The molecule has 6 nitrogen and oxygen atoms in total. The number of piperidine rings is 1. The molecule has 0 aromatic carbocycles. The highest BCUT2D eigenvalue weighted by molar-refractivity contribution is 7.13. The molecule has 1 aromatic heterocycles. The van der Waals surface area contributed by atoms with E-state index in [0.717, 1.165) is 51.2 Å². The van der Waals surface area contributed by atoms with Crippen molar-refractivity contribution in [3.05, 3.63) is 11.1 Å². The third-order valence-electron chi connectivity index (χ3n) is 3.46. The quantitative estimate of drug-likeness (QED) is 0.745. The molecule has 2 heterocycles. The first-order valence-electron chi connectivity index (χ1n) is 7.43. The molecule has 21 heavy (non-hydrogen) atoms. The number of hydrogen-bond donors (Lipinski definition) is 2. The average Bonchev–Trinajstić information content (AvgIpc) is 2.87. The smallest absolute Gasteiger partial charge is 0.223 e. The lowest BCUT2D eigenvalue weighted by molar-refractivity contribution is -0.114. The van der Waals surface area contributed by atoms with Crippen molar-refractivity contribution in [2.45, 2.75) is 38.8 Å². The van der Waals surface area contributed by atoms with Crippen LogP contribution in [0.1, 0.15) is 31.9 Å². The van der Waals surface area contributed by atoms with Gasteiger partial charge in [-0.25, -0.2) is 4.98 Å². The first kappa shape index (κ1) is 16.4. The Labute approximate surface area is 129 Å². The predicted molar refractivity (Wildman–Crippen MR) is 84.3 cm³/mol. The number of nitrogens with zero attached hydrogens (tertiary/aromatic N) is 2. The molecule has 3 N–H and O–H groups in total. The average molecular weight is 312 g/mol. The Hall–Kier alpha value is -1.02. The highest BCUT2D eigenvalue weighted by Gasteiger charge is 2.20. The SMILES string of the molecule is CC(=O)Nc1nc(CN2CCC(OCCCN)CC2)cs1. The third kappa shape index (κ3) is 5.70. The summed E-state index contributed by atoms with van der Waals surface area (Å²) in [7, 11) is 0. The molecule has 0 bridgehead atoms.